The zero-order valence-electron chi connectivity index (χ0n) is 15.8. The van der Waals surface area contributed by atoms with Crippen LogP contribution >= 0.6 is 0 Å². The van der Waals surface area contributed by atoms with E-state index in [-0.39, 0.29) is 11.5 Å². The van der Waals surface area contributed by atoms with Crippen molar-refractivity contribution in [2.75, 3.05) is 39.9 Å². The fourth-order valence-corrected chi connectivity index (χ4v) is 4.70. The lowest BCUT2D eigenvalue weighted by Crippen LogP contribution is -2.47. The number of ether oxygens (including phenoxy) is 2. The fourth-order valence-electron chi connectivity index (χ4n) is 4.70. The van der Waals surface area contributed by atoms with Crippen LogP contribution in [-0.2, 0) is 16.0 Å². The van der Waals surface area contributed by atoms with Gasteiger partial charge >= 0.3 is 0 Å². The van der Waals surface area contributed by atoms with Gasteiger partial charge in [0.1, 0.15) is 5.75 Å². The Balaban J connectivity index is 1.28. The lowest BCUT2D eigenvalue weighted by atomic mass is 9.87. The van der Waals surface area contributed by atoms with Crippen molar-refractivity contribution in [1.82, 2.24) is 9.80 Å². The summed E-state index contributed by atoms with van der Waals surface area (Å²) < 4.78 is 11.5. The van der Waals surface area contributed by atoms with Crippen LogP contribution in [0.4, 0.5) is 0 Å². The first-order chi connectivity index (χ1) is 12.7. The molecule has 3 heterocycles. The number of hydrogen-bond donors (Lipinski definition) is 0. The van der Waals surface area contributed by atoms with Gasteiger partial charge in [-0.25, -0.2) is 0 Å². The Kier molecular flexibility index (Phi) is 5.18. The fraction of sp³-hybridized carbons (Fsp3) is 0.667. The predicted octanol–water partition coefficient (Wildman–Crippen LogP) is 2.48. The molecule has 1 spiro atoms. The first kappa shape index (κ1) is 17.8. The van der Waals surface area contributed by atoms with E-state index in [4.69, 9.17) is 9.47 Å². The van der Waals surface area contributed by atoms with Crippen LogP contribution in [0.3, 0.4) is 0 Å². The van der Waals surface area contributed by atoms with E-state index >= 15 is 0 Å². The van der Waals surface area contributed by atoms with Crippen LogP contribution in [0.15, 0.2) is 24.3 Å². The van der Waals surface area contributed by atoms with E-state index in [1.807, 2.05) is 29.2 Å². The lowest BCUT2D eigenvalue weighted by molar-refractivity contribution is -0.135. The van der Waals surface area contributed by atoms with Gasteiger partial charge in [-0.15, -0.1) is 0 Å². The smallest absolute Gasteiger partial charge is 0.226 e. The first-order valence-corrected chi connectivity index (χ1v) is 9.96. The second kappa shape index (κ2) is 7.57. The maximum Gasteiger partial charge on any atom is 0.226 e. The Morgan fingerprint density at radius 2 is 1.85 bits per heavy atom. The van der Waals surface area contributed by atoms with Crippen LogP contribution in [-0.4, -0.2) is 67.2 Å². The van der Waals surface area contributed by atoms with E-state index in [0.29, 0.717) is 12.5 Å². The van der Waals surface area contributed by atoms with Crippen molar-refractivity contribution < 1.29 is 14.3 Å². The highest BCUT2D eigenvalue weighted by Crippen LogP contribution is 2.38. The number of benzene rings is 1. The number of carbonyl (C=O) groups excluding carboxylic acids is 1. The molecule has 3 fully saturated rings. The molecule has 5 heteroatoms. The Morgan fingerprint density at radius 3 is 2.50 bits per heavy atom. The van der Waals surface area contributed by atoms with E-state index < -0.39 is 0 Å². The van der Waals surface area contributed by atoms with Gasteiger partial charge in [0, 0.05) is 19.1 Å². The van der Waals surface area contributed by atoms with Gasteiger partial charge in [-0.1, -0.05) is 12.1 Å². The molecule has 0 bridgehead atoms. The molecule has 0 aliphatic carbocycles. The van der Waals surface area contributed by atoms with Crippen LogP contribution in [0, 0.1) is 0 Å². The number of likely N-dealkylation sites (tertiary alicyclic amines) is 2. The minimum atomic E-state index is 0.0180. The Bertz CT molecular complexity index is 617. The summed E-state index contributed by atoms with van der Waals surface area (Å²) in [5, 5.41) is 0. The zero-order chi connectivity index (χ0) is 18.0. The lowest BCUT2D eigenvalue weighted by Gasteiger charge is -2.39. The van der Waals surface area contributed by atoms with Crippen LogP contribution < -0.4 is 4.74 Å². The summed E-state index contributed by atoms with van der Waals surface area (Å²) in [5.74, 6) is 1.05. The normalized spacial score (nSPS) is 25.7. The maximum absolute atomic E-state index is 12.6. The van der Waals surface area contributed by atoms with E-state index in [1.165, 1.54) is 25.9 Å². The molecule has 0 N–H and O–H groups in total. The van der Waals surface area contributed by atoms with Gasteiger partial charge in [-0.05, 0) is 62.9 Å². The Hall–Kier alpha value is -1.59. The third kappa shape index (κ3) is 3.74. The molecule has 26 heavy (non-hydrogen) atoms. The molecule has 4 rings (SSSR count). The molecular weight excluding hydrogens is 328 g/mol. The Morgan fingerprint density at radius 1 is 1.15 bits per heavy atom. The van der Waals surface area contributed by atoms with Crippen molar-refractivity contribution in [3.63, 3.8) is 0 Å². The number of carbonyl (C=O) groups is 1. The summed E-state index contributed by atoms with van der Waals surface area (Å²) in [5.41, 5.74) is 1.06. The SMILES string of the molecule is COc1ccc(CC(=O)N2CCC3(CC2)CC(N2CCCC2)CO3)cc1. The second-order valence-electron chi connectivity index (χ2n) is 8.00. The zero-order valence-corrected chi connectivity index (χ0v) is 15.8. The third-order valence-electron chi connectivity index (χ3n) is 6.39. The quantitative estimate of drug-likeness (QED) is 0.829. The van der Waals surface area contributed by atoms with Crippen LogP contribution in [0.2, 0.25) is 0 Å². The number of amides is 1. The standard InChI is InChI=1S/C21H30N2O3/c1-25-19-6-4-17(5-7-19)14-20(24)23-12-8-21(9-13-23)15-18(16-26-21)22-10-2-3-11-22/h4-7,18H,2-3,8-16H2,1H3. The maximum atomic E-state index is 12.6. The summed E-state index contributed by atoms with van der Waals surface area (Å²) in [7, 11) is 1.66. The molecule has 5 nitrogen and oxygen atoms in total. The molecule has 1 aromatic rings. The van der Waals surface area contributed by atoms with E-state index in [0.717, 1.165) is 50.3 Å². The van der Waals surface area contributed by atoms with Gasteiger partial charge in [0.15, 0.2) is 0 Å². The number of hydrogen-bond acceptors (Lipinski definition) is 4. The molecule has 142 valence electrons. The molecule has 3 aliphatic rings. The largest absolute Gasteiger partial charge is 0.497 e. The van der Waals surface area contributed by atoms with Gasteiger partial charge in [-0.3, -0.25) is 9.69 Å². The van der Waals surface area contributed by atoms with Crippen LogP contribution in [0.25, 0.3) is 0 Å². The van der Waals surface area contributed by atoms with Gasteiger partial charge in [0.25, 0.3) is 0 Å². The second-order valence-corrected chi connectivity index (χ2v) is 8.00. The summed E-state index contributed by atoms with van der Waals surface area (Å²) in [6.45, 7) is 4.98. The summed E-state index contributed by atoms with van der Waals surface area (Å²) in [6.07, 6.45) is 6.23. The van der Waals surface area contributed by atoms with Gasteiger partial charge in [0.05, 0.1) is 25.7 Å². The van der Waals surface area contributed by atoms with Crippen molar-refractivity contribution in [3.8, 4) is 5.75 Å². The molecule has 1 amide bonds. The topological polar surface area (TPSA) is 42.0 Å². The molecule has 1 unspecified atom stereocenters. The molecule has 0 saturated carbocycles. The molecule has 3 aliphatic heterocycles. The number of nitrogens with zero attached hydrogens (tertiary/aromatic N) is 2. The highest BCUT2D eigenvalue weighted by Gasteiger charge is 2.45. The van der Waals surface area contributed by atoms with Gasteiger partial charge in [-0.2, -0.15) is 0 Å². The van der Waals surface area contributed by atoms with Crippen molar-refractivity contribution in [2.45, 2.75) is 50.2 Å². The highest BCUT2D eigenvalue weighted by molar-refractivity contribution is 5.79. The predicted molar refractivity (Wildman–Crippen MR) is 100 cm³/mol. The van der Waals surface area contributed by atoms with Crippen molar-refractivity contribution in [3.05, 3.63) is 29.8 Å². The van der Waals surface area contributed by atoms with E-state index in [9.17, 15) is 4.79 Å². The molecule has 1 aromatic carbocycles. The van der Waals surface area contributed by atoms with Crippen molar-refractivity contribution >= 4 is 5.91 Å². The van der Waals surface area contributed by atoms with Crippen LogP contribution in [0.1, 0.15) is 37.7 Å². The molecule has 0 radical (unpaired) electrons. The van der Waals surface area contributed by atoms with Crippen molar-refractivity contribution in [1.29, 1.82) is 0 Å². The minimum Gasteiger partial charge on any atom is -0.497 e. The molecular formula is C21H30N2O3. The van der Waals surface area contributed by atoms with Crippen LogP contribution in [0.5, 0.6) is 5.75 Å². The minimum absolute atomic E-state index is 0.0180. The molecule has 0 aromatic heterocycles. The summed E-state index contributed by atoms with van der Waals surface area (Å²) in [6, 6.07) is 8.38. The average Bonchev–Trinajstić information content (AvgIpc) is 3.33. The van der Waals surface area contributed by atoms with Gasteiger partial charge in [0.2, 0.25) is 5.91 Å². The average molecular weight is 358 g/mol. The van der Waals surface area contributed by atoms with E-state index in [2.05, 4.69) is 4.90 Å². The third-order valence-corrected chi connectivity index (χ3v) is 6.39. The first-order valence-electron chi connectivity index (χ1n) is 9.96. The summed E-state index contributed by atoms with van der Waals surface area (Å²) >= 11 is 0. The number of methoxy groups -OCH3 is 1. The monoisotopic (exact) mass is 358 g/mol. The number of piperidine rings is 1. The van der Waals surface area contributed by atoms with Gasteiger partial charge < -0.3 is 14.4 Å². The van der Waals surface area contributed by atoms with E-state index in [1.54, 1.807) is 7.11 Å². The molecule has 3 saturated heterocycles. The highest BCUT2D eigenvalue weighted by atomic mass is 16.5. The number of rotatable bonds is 4. The Labute approximate surface area is 156 Å². The van der Waals surface area contributed by atoms with Crippen molar-refractivity contribution in [2.24, 2.45) is 0 Å². The summed E-state index contributed by atoms with van der Waals surface area (Å²) in [4.78, 5) is 17.3. The molecule has 1 atom stereocenters.